The largest absolute Gasteiger partial charge is 0.478 e. The summed E-state index contributed by atoms with van der Waals surface area (Å²) in [5.41, 5.74) is 5.40. The second-order valence-electron chi connectivity index (χ2n) is 6.27. The maximum absolute atomic E-state index is 11.5. The molecule has 0 spiro atoms. The van der Waals surface area contributed by atoms with Crippen LogP contribution in [0.5, 0.6) is 0 Å². The van der Waals surface area contributed by atoms with Crippen LogP contribution in [0.25, 0.3) is 32.9 Å². The van der Waals surface area contributed by atoms with Gasteiger partial charge in [0, 0.05) is 16.3 Å². The van der Waals surface area contributed by atoms with Crippen LogP contribution in [0.1, 0.15) is 26.3 Å². The molecule has 4 nitrogen and oxygen atoms in total. The Morgan fingerprint density at radius 3 is 2.58 bits per heavy atom. The van der Waals surface area contributed by atoms with Crippen molar-refractivity contribution in [2.24, 2.45) is 0 Å². The summed E-state index contributed by atoms with van der Waals surface area (Å²) in [6, 6.07) is 18.5. The van der Waals surface area contributed by atoms with Crippen LogP contribution in [0.4, 0.5) is 0 Å². The lowest BCUT2D eigenvalue weighted by atomic mass is 9.96. The molecule has 0 saturated carbocycles. The predicted molar refractivity (Wildman–Crippen MR) is 102 cm³/mol. The van der Waals surface area contributed by atoms with E-state index >= 15 is 0 Å². The highest BCUT2D eigenvalue weighted by Gasteiger charge is 2.11. The normalized spacial score (nSPS) is 11.0. The van der Waals surface area contributed by atoms with Gasteiger partial charge in [0.25, 0.3) is 0 Å². The molecule has 26 heavy (non-hydrogen) atoms. The summed E-state index contributed by atoms with van der Waals surface area (Å²) in [5.74, 6) is -0.965. The Hall–Kier alpha value is -3.53. The number of fused-ring (bicyclic) bond motifs is 2. The minimum absolute atomic E-state index is 0.244. The third-order valence-corrected chi connectivity index (χ3v) is 4.58. The van der Waals surface area contributed by atoms with Crippen LogP contribution in [-0.4, -0.2) is 22.3 Å². The summed E-state index contributed by atoms with van der Waals surface area (Å²) >= 11 is 0. The summed E-state index contributed by atoms with van der Waals surface area (Å²) in [4.78, 5) is 27.0. The first kappa shape index (κ1) is 16.0. The molecular formula is C22H15NO3. The highest BCUT2D eigenvalue weighted by molar-refractivity contribution is 6.06. The number of pyridine rings is 1. The molecule has 3 aromatic carbocycles. The number of benzene rings is 3. The molecule has 0 bridgehead atoms. The Bertz CT molecular complexity index is 1190. The zero-order chi connectivity index (χ0) is 18.3. The summed E-state index contributed by atoms with van der Waals surface area (Å²) in [6.45, 7) is 1.97. The number of carboxylic acids is 1. The lowest BCUT2D eigenvalue weighted by Crippen LogP contribution is -1.98. The van der Waals surface area contributed by atoms with Gasteiger partial charge < -0.3 is 5.11 Å². The summed E-state index contributed by atoms with van der Waals surface area (Å²) in [5, 5.41) is 10.9. The molecule has 0 aliphatic heterocycles. The number of aldehydes is 1. The maximum Gasteiger partial charge on any atom is 0.336 e. The number of aromatic carboxylic acids is 1. The fraction of sp³-hybridized carbons (Fsp3) is 0.0455. The SMILES string of the molecule is Cc1cc(C=O)ccc1-c1ccc2nc3cccc(C(=O)O)c3cc2c1. The predicted octanol–water partition coefficient (Wildman–Crippen LogP) is 4.87. The second-order valence-corrected chi connectivity index (χ2v) is 6.27. The summed E-state index contributed by atoms with van der Waals surface area (Å²) in [6.07, 6.45) is 0.834. The number of hydrogen-bond acceptors (Lipinski definition) is 3. The number of aryl methyl sites for hydroxylation is 1. The fourth-order valence-corrected chi connectivity index (χ4v) is 3.30. The number of carbonyl (C=O) groups is 2. The molecule has 1 N–H and O–H groups in total. The Kier molecular flexibility index (Phi) is 3.73. The van der Waals surface area contributed by atoms with Crippen LogP contribution in [0.15, 0.2) is 60.7 Å². The van der Waals surface area contributed by atoms with E-state index in [4.69, 9.17) is 0 Å². The molecule has 0 fully saturated rings. The number of carbonyl (C=O) groups excluding carboxylic acids is 1. The average Bonchev–Trinajstić information content (AvgIpc) is 2.65. The molecule has 0 radical (unpaired) electrons. The zero-order valence-electron chi connectivity index (χ0n) is 14.1. The van der Waals surface area contributed by atoms with E-state index in [1.807, 2.05) is 49.4 Å². The Labute approximate surface area is 149 Å². The molecular weight excluding hydrogens is 326 g/mol. The van der Waals surface area contributed by atoms with Gasteiger partial charge in [0.15, 0.2) is 0 Å². The first-order chi connectivity index (χ1) is 12.6. The van der Waals surface area contributed by atoms with Crippen molar-refractivity contribution in [2.45, 2.75) is 6.92 Å². The lowest BCUT2D eigenvalue weighted by Gasteiger charge is -2.09. The zero-order valence-corrected chi connectivity index (χ0v) is 14.1. The smallest absolute Gasteiger partial charge is 0.336 e. The Morgan fingerprint density at radius 2 is 1.85 bits per heavy atom. The van der Waals surface area contributed by atoms with Gasteiger partial charge in [-0.15, -0.1) is 0 Å². The van der Waals surface area contributed by atoms with Crippen LogP contribution >= 0.6 is 0 Å². The third kappa shape index (κ3) is 2.62. The van der Waals surface area contributed by atoms with Crippen LogP contribution in [0.2, 0.25) is 0 Å². The maximum atomic E-state index is 11.5. The van der Waals surface area contributed by atoms with Gasteiger partial charge in [0.2, 0.25) is 0 Å². The van der Waals surface area contributed by atoms with Crippen LogP contribution in [0, 0.1) is 6.92 Å². The minimum Gasteiger partial charge on any atom is -0.478 e. The standard InChI is InChI=1S/C22H15NO3/c1-13-9-14(12-24)5-7-17(13)15-6-8-20-16(10-15)11-19-18(22(25)26)3-2-4-21(19)23-20/h2-12H,1H3,(H,25,26). The minimum atomic E-state index is -0.965. The van der Waals surface area contributed by atoms with Crippen molar-refractivity contribution in [1.82, 2.24) is 4.98 Å². The van der Waals surface area contributed by atoms with E-state index in [1.165, 1.54) is 0 Å². The van der Waals surface area contributed by atoms with Crippen molar-refractivity contribution in [3.8, 4) is 11.1 Å². The van der Waals surface area contributed by atoms with Gasteiger partial charge in [-0.05, 0) is 60.0 Å². The van der Waals surface area contributed by atoms with Gasteiger partial charge in [-0.3, -0.25) is 4.79 Å². The number of rotatable bonds is 3. The monoisotopic (exact) mass is 341 g/mol. The Morgan fingerprint density at radius 1 is 1.00 bits per heavy atom. The molecule has 1 aromatic heterocycles. The Balaban J connectivity index is 1.94. The highest BCUT2D eigenvalue weighted by atomic mass is 16.4. The van der Waals surface area contributed by atoms with Gasteiger partial charge in [-0.2, -0.15) is 0 Å². The number of aromatic nitrogens is 1. The lowest BCUT2D eigenvalue weighted by molar-refractivity contribution is 0.0699. The number of nitrogens with zero attached hydrogens (tertiary/aromatic N) is 1. The van der Waals surface area contributed by atoms with Crippen molar-refractivity contribution >= 4 is 34.1 Å². The number of carboxylic acid groups (broad SMARTS) is 1. The molecule has 0 saturated heterocycles. The topological polar surface area (TPSA) is 67.3 Å². The van der Waals surface area contributed by atoms with E-state index in [9.17, 15) is 14.7 Å². The average molecular weight is 341 g/mol. The van der Waals surface area contributed by atoms with Crippen molar-refractivity contribution in [2.75, 3.05) is 0 Å². The molecule has 0 aliphatic rings. The molecule has 126 valence electrons. The van der Waals surface area contributed by atoms with Crippen LogP contribution in [-0.2, 0) is 0 Å². The van der Waals surface area contributed by atoms with Gasteiger partial charge in [-0.1, -0.05) is 24.3 Å². The first-order valence-electron chi connectivity index (χ1n) is 8.20. The van der Waals surface area contributed by atoms with E-state index in [0.717, 1.165) is 33.9 Å². The van der Waals surface area contributed by atoms with Crippen LogP contribution in [0.3, 0.4) is 0 Å². The summed E-state index contributed by atoms with van der Waals surface area (Å²) < 4.78 is 0. The molecule has 0 aliphatic carbocycles. The van der Waals surface area contributed by atoms with Gasteiger partial charge in [-0.25, -0.2) is 9.78 Å². The van der Waals surface area contributed by atoms with Gasteiger partial charge in [0.1, 0.15) is 6.29 Å². The quantitative estimate of drug-likeness (QED) is 0.426. The first-order valence-corrected chi connectivity index (χ1v) is 8.20. The molecule has 1 heterocycles. The summed E-state index contributed by atoms with van der Waals surface area (Å²) in [7, 11) is 0. The molecule has 4 aromatic rings. The molecule has 4 rings (SSSR count). The van der Waals surface area contributed by atoms with E-state index in [0.29, 0.717) is 16.5 Å². The number of hydrogen-bond donors (Lipinski definition) is 1. The van der Waals surface area contributed by atoms with Crippen molar-refractivity contribution in [3.63, 3.8) is 0 Å². The molecule has 0 amide bonds. The molecule has 0 unspecified atom stereocenters. The van der Waals surface area contributed by atoms with Gasteiger partial charge in [0.05, 0.1) is 16.6 Å². The van der Waals surface area contributed by atoms with E-state index < -0.39 is 5.97 Å². The van der Waals surface area contributed by atoms with E-state index in [2.05, 4.69) is 4.98 Å². The van der Waals surface area contributed by atoms with E-state index in [-0.39, 0.29) is 5.56 Å². The van der Waals surface area contributed by atoms with Crippen LogP contribution < -0.4 is 0 Å². The molecule has 4 heteroatoms. The van der Waals surface area contributed by atoms with Crippen molar-refractivity contribution < 1.29 is 14.7 Å². The van der Waals surface area contributed by atoms with Crippen molar-refractivity contribution in [1.29, 1.82) is 0 Å². The molecule has 0 atom stereocenters. The van der Waals surface area contributed by atoms with Crippen molar-refractivity contribution in [3.05, 3.63) is 77.4 Å². The third-order valence-electron chi connectivity index (χ3n) is 4.58. The van der Waals surface area contributed by atoms with Gasteiger partial charge >= 0.3 is 5.97 Å². The van der Waals surface area contributed by atoms with E-state index in [1.54, 1.807) is 18.2 Å². The second kappa shape index (κ2) is 6.08. The highest BCUT2D eigenvalue weighted by Crippen LogP contribution is 2.29. The fourth-order valence-electron chi connectivity index (χ4n) is 3.30.